The molecule has 0 bridgehead atoms. The summed E-state index contributed by atoms with van der Waals surface area (Å²) in [6.07, 6.45) is 6.95. The molecule has 2 aliphatic rings. The number of carbonyl (C=O) groups excluding carboxylic acids is 1. The average molecular weight is 328 g/mol. The minimum atomic E-state index is 0.131. The number of nitrogens with zero attached hydrogens (tertiary/aromatic N) is 6. The summed E-state index contributed by atoms with van der Waals surface area (Å²) in [6.45, 7) is 5.51. The molecular weight excluding hydrogens is 304 g/mol. The molecule has 1 saturated carbocycles. The minimum Gasteiger partial charge on any atom is -0.340 e. The second kappa shape index (κ2) is 5.72. The van der Waals surface area contributed by atoms with Crippen LogP contribution < -0.4 is 0 Å². The highest BCUT2D eigenvalue weighted by Crippen LogP contribution is 2.48. The lowest BCUT2D eigenvalue weighted by atomic mass is 10.0. The number of piperidine rings is 1. The summed E-state index contributed by atoms with van der Waals surface area (Å²) in [4.78, 5) is 19.3. The number of carbonyl (C=O) groups is 1. The first kappa shape index (κ1) is 15.4. The van der Waals surface area contributed by atoms with Crippen LogP contribution in [0.4, 0.5) is 0 Å². The Hall–Kier alpha value is -2.18. The van der Waals surface area contributed by atoms with E-state index in [2.05, 4.69) is 15.2 Å². The maximum Gasteiger partial charge on any atom is 0.226 e. The van der Waals surface area contributed by atoms with E-state index in [-0.39, 0.29) is 12.0 Å². The van der Waals surface area contributed by atoms with Gasteiger partial charge in [-0.3, -0.25) is 9.48 Å². The van der Waals surface area contributed by atoms with Crippen LogP contribution in [0.15, 0.2) is 12.4 Å². The van der Waals surface area contributed by atoms with Crippen molar-refractivity contribution in [2.75, 3.05) is 13.1 Å². The standard InChI is InChI=1S/C17H24N6O/c1-11-19-12(2)23(20-11)14-5-4-6-22(10-14)17(24)16-7-15(16)13-8-18-21(3)9-13/h8-9,14-16H,4-7,10H2,1-3H3/t14-,15-,16-/m1/s1. The van der Waals surface area contributed by atoms with E-state index in [0.717, 1.165) is 44.0 Å². The largest absolute Gasteiger partial charge is 0.340 e. The Morgan fingerprint density at radius 2 is 2.17 bits per heavy atom. The summed E-state index contributed by atoms with van der Waals surface area (Å²) in [6, 6.07) is 0.250. The van der Waals surface area contributed by atoms with Gasteiger partial charge < -0.3 is 4.90 Å². The van der Waals surface area contributed by atoms with Crippen LogP contribution in [0.5, 0.6) is 0 Å². The lowest BCUT2D eigenvalue weighted by Crippen LogP contribution is -2.42. The van der Waals surface area contributed by atoms with Gasteiger partial charge in [-0.05, 0) is 44.6 Å². The van der Waals surface area contributed by atoms with Crippen molar-refractivity contribution < 1.29 is 4.79 Å². The van der Waals surface area contributed by atoms with Crippen LogP contribution in [0.3, 0.4) is 0 Å². The smallest absolute Gasteiger partial charge is 0.226 e. The maximum absolute atomic E-state index is 12.9. The average Bonchev–Trinajstić information content (AvgIpc) is 3.13. The van der Waals surface area contributed by atoms with Gasteiger partial charge in [-0.15, -0.1) is 0 Å². The summed E-state index contributed by atoms with van der Waals surface area (Å²) in [5.41, 5.74) is 1.19. The number of hydrogen-bond acceptors (Lipinski definition) is 4. The molecule has 0 spiro atoms. The fourth-order valence-electron chi connectivity index (χ4n) is 3.94. The summed E-state index contributed by atoms with van der Waals surface area (Å²) >= 11 is 0. The van der Waals surface area contributed by atoms with Crippen molar-refractivity contribution in [1.29, 1.82) is 0 Å². The van der Waals surface area contributed by atoms with Gasteiger partial charge in [0.1, 0.15) is 11.6 Å². The van der Waals surface area contributed by atoms with E-state index in [9.17, 15) is 4.79 Å². The first-order valence-electron chi connectivity index (χ1n) is 8.70. The Morgan fingerprint density at radius 3 is 2.83 bits per heavy atom. The van der Waals surface area contributed by atoms with Crippen LogP contribution in [0.1, 0.15) is 48.4 Å². The third kappa shape index (κ3) is 2.72. The fraction of sp³-hybridized carbons (Fsp3) is 0.647. The third-order valence-corrected chi connectivity index (χ3v) is 5.22. The molecule has 2 aromatic rings. The highest BCUT2D eigenvalue weighted by atomic mass is 16.2. The molecule has 4 rings (SSSR count). The van der Waals surface area contributed by atoms with Crippen molar-refractivity contribution in [1.82, 2.24) is 29.4 Å². The van der Waals surface area contributed by atoms with Crippen LogP contribution in [-0.2, 0) is 11.8 Å². The van der Waals surface area contributed by atoms with E-state index in [1.807, 2.05) is 47.6 Å². The third-order valence-electron chi connectivity index (χ3n) is 5.22. The Morgan fingerprint density at radius 1 is 1.33 bits per heavy atom. The highest BCUT2D eigenvalue weighted by Gasteiger charge is 2.47. The second-order valence-corrected chi connectivity index (χ2v) is 7.13. The van der Waals surface area contributed by atoms with Crippen molar-refractivity contribution in [2.24, 2.45) is 13.0 Å². The van der Waals surface area contributed by atoms with Gasteiger partial charge >= 0.3 is 0 Å². The summed E-state index contributed by atoms with van der Waals surface area (Å²) in [5, 5.41) is 8.73. The molecule has 1 saturated heterocycles. The van der Waals surface area contributed by atoms with E-state index < -0.39 is 0 Å². The van der Waals surface area contributed by atoms with Crippen LogP contribution in [-0.4, -0.2) is 48.4 Å². The minimum absolute atomic E-state index is 0.131. The zero-order valence-corrected chi connectivity index (χ0v) is 14.5. The van der Waals surface area contributed by atoms with E-state index in [4.69, 9.17) is 0 Å². The van der Waals surface area contributed by atoms with Crippen LogP contribution in [0.2, 0.25) is 0 Å². The molecule has 24 heavy (non-hydrogen) atoms. The summed E-state index contributed by atoms with van der Waals surface area (Å²) in [5.74, 6) is 2.51. The molecule has 0 aromatic carbocycles. The maximum atomic E-state index is 12.9. The van der Waals surface area contributed by atoms with Gasteiger partial charge in [0.25, 0.3) is 0 Å². The molecule has 0 unspecified atom stereocenters. The SMILES string of the molecule is Cc1nc(C)n([C@@H]2CCCN(C(=O)[C@@H]3C[C@@H]3c3cnn(C)c3)C2)n1. The molecule has 7 heteroatoms. The van der Waals surface area contributed by atoms with Crippen molar-refractivity contribution in [2.45, 2.75) is 45.1 Å². The predicted octanol–water partition coefficient (Wildman–Crippen LogP) is 1.60. The number of hydrogen-bond donors (Lipinski definition) is 0. The zero-order valence-electron chi connectivity index (χ0n) is 14.5. The summed E-state index contributed by atoms with van der Waals surface area (Å²) < 4.78 is 3.81. The topological polar surface area (TPSA) is 68.8 Å². The van der Waals surface area contributed by atoms with Crippen LogP contribution in [0.25, 0.3) is 0 Å². The van der Waals surface area contributed by atoms with Crippen molar-refractivity contribution in [3.8, 4) is 0 Å². The number of aromatic nitrogens is 5. The molecular formula is C17H24N6O. The van der Waals surface area contributed by atoms with Crippen molar-refractivity contribution >= 4 is 5.91 Å². The zero-order chi connectivity index (χ0) is 16.8. The van der Waals surface area contributed by atoms with Crippen LogP contribution >= 0.6 is 0 Å². The van der Waals surface area contributed by atoms with Gasteiger partial charge in [-0.25, -0.2) is 9.67 Å². The molecule has 7 nitrogen and oxygen atoms in total. The molecule has 1 aliphatic carbocycles. The van der Waals surface area contributed by atoms with E-state index in [0.29, 0.717) is 11.8 Å². The Balaban J connectivity index is 1.43. The molecule has 3 atom stereocenters. The Bertz CT molecular complexity index is 763. The normalized spacial score (nSPS) is 26.6. The van der Waals surface area contributed by atoms with Gasteiger partial charge in [0.05, 0.1) is 12.2 Å². The monoisotopic (exact) mass is 328 g/mol. The predicted molar refractivity (Wildman–Crippen MR) is 88.4 cm³/mol. The van der Waals surface area contributed by atoms with Crippen LogP contribution in [0, 0.1) is 19.8 Å². The molecule has 1 aliphatic heterocycles. The lowest BCUT2D eigenvalue weighted by Gasteiger charge is -2.33. The van der Waals surface area contributed by atoms with Gasteiger partial charge in [0, 0.05) is 32.3 Å². The second-order valence-electron chi connectivity index (χ2n) is 7.13. The number of rotatable bonds is 3. The Kier molecular flexibility index (Phi) is 3.66. The Labute approximate surface area is 141 Å². The molecule has 2 aromatic heterocycles. The molecule has 3 heterocycles. The van der Waals surface area contributed by atoms with Gasteiger partial charge in [-0.2, -0.15) is 10.2 Å². The van der Waals surface area contributed by atoms with E-state index in [1.54, 1.807) is 0 Å². The van der Waals surface area contributed by atoms with E-state index >= 15 is 0 Å². The van der Waals surface area contributed by atoms with E-state index in [1.165, 1.54) is 5.56 Å². The quantitative estimate of drug-likeness (QED) is 0.858. The number of amides is 1. The lowest BCUT2D eigenvalue weighted by molar-refractivity contribution is -0.134. The van der Waals surface area contributed by atoms with Gasteiger partial charge in [0.2, 0.25) is 5.91 Å². The van der Waals surface area contributed by atoms with Crippen molar-refractivity contribution in [3.05, 3.63) is 29.6 Å². The number of aryl methyl sites for hydroxylation is 3. The molecule has 0 radical (unpaired) electrons. The molecule has 2 fully saturated rings. The first-order chi connectivity index (χ1) is 11.5. The molecule has 0 N–H and O–H groups in total. The highest BCUT2D eigenvalue weighted by molar-refractivity contribution is 5.83. The number of likely N-dealkylation sites (tertiary alicyclic amines) is 1. The first-order valence-corrected chi connectivity index (χ1v) is 8.70. The molecule has 1 amide bonds. The van der Waals surface area contributed by atoms with Gasteiger partial charge in [0.15, 0.2) is 0 Å². The van der Waals surface area contributed by atoms with Crippen molar-refractivity contribution in [3.63, 3.8) is 0 Å². The molecule has 128 valence electrons. The van der Waals surface area contributed by atoms with Gasteiger partial charge in [-0.1, -0.05) is 0 Å². The summed E-state index contributed by atoms with van der Waals surface area (Å²) in [7, 11) is 1.92. The fourth-order valence-corrected chi connectivity index (χ4v) is 3.94.